The van der Waals surface area contributed by atoms with Crippen LogP contribution >= 0.6 is 0 Å². The predicted octanol–water partition coefficient (Wildman–Crippen LogP) is 1.88. The van der Waals surface area contributed by atoms with Crippen molar-refractivity contribution in [2.24, 2.45) is 0 Å². The quantitative estimate of drug-likeness (QED) is 0.265. The summed E-state index contributed by atoms with van der Waals surface area (Å²) in [5.41, 5.74) is 0. The summed E-state index contributed by atoms with van der Waals surface area (Å²) in [5, 5.41) is 0. The van der Waals surface area contributed by atoms with Crippen molar-refractivity contribution in [1.82, 2.24) is 0 Å². The van der Waals surface area contributed by atoms with Crippen molar-refractivity contribution < 1.29 is 14.3 Å². The van der Waals surface area contributed by atoms with Gasteiger partial charge in [0.1, 0.15) is 0 Å². The minimum absolute atomic E-state index is 0.336. The Hall–Kier alpha value is -0.990. The molecule has 12 heavy (non-hydrogen) atoms. The van der Waals surface area contributed by atoms with Crippen LogP contribution in [0.5, 0.6) is 0 Å². The summed E-state index contributed by atoms with van der Waals surface area (Å²) >= 11 is 0. The molecule has 0 spiro atoms. The highest BCUT2D eigenvalue weighted by atomic mass is 16.5. The predicted molar refractivity (Wildman–Crippen MR) is 46.6 cm³/mol. The maximum atomic E-state index is 10.8. The summed E-state index contributed by atoms with van der Waals surface area (Å²) in [6.45, 7) is 4.96. The largest absolute Gasteiger partial charge is 0.501 e. The summed E-state index contributed by atoms with van der Waals surface area (Å²) in [4.78, 5) is 10.8. The van der Waals surface area contributed by atoms with Gasteiger partial charge in [-0.3, -0.25) is 0 Å². The molecule has 0 unspecified atom stereocenters. The highest BCUT2D eigenvalue weighted by Gasteiger charge is 1.94. The third-order valence-electron chi connectivity index (χ3n) is 1.21. The molecule has 0 aromatic heterocycles. The molecular formula is C9H16O3. The van der Waals surface area contributed by atoms with Gasteiger partial charge in [0.25, 0.3) is 0 Å². The van der Waals surface area contributed by atoms with E-state index in [1.807, 2.05) is 13.8 Å². The van der Waals surface area contributed by atoms with Crippen molar-refractivity contribution in [2.45, 2.75) is 26.7 Å². The molecule has 3 heteroatoms. The summed E-state index contributed by atoms with van der Waals surface area (Å²) in [6, 6.07) is 0. The minimum Gasteiger partial charge on any atom is -0.501 e. The van der Waals surface area contributed by atoms with Gasteiger partial charge in [0.15, 0.2) is 0 Å². The Balaban J connectivity index is 3.33. The van der Waals surface area contributed by atoms with E-state index in [4.69, 9.17) is 9.47 Å². The van der Waals surface area contributed by atoms with E-state index in [-0.39, 0.29) is 5.97 Å². The zero-order valence-corrected chi connectivity index (χ0v) is 7.71. The first-order valence-corrected chi connectivity index (χ1v) is 4.26. The second-order valence-electron chi connectivity index (χ2n) is 2.28. The van der Waals surface area contributed by atoms with Gasteiger partial charge >= 0.3 is 5.97 Å². The molecule has 0 fully saturated rings. The molecule has 0 aliphatic rings. The van der Waals surface area contributed by atoms with Crippen molar-refractivity contribution in [3.05, 3.63) is 12.3 Å². The van der Waals surface area contributed by atoms with Gasteiger partial charge in [-0.15, -0.1) is 0 Å². The average Bonchev–Trinajstić information content (AvgIpc) is 2.06. The Bertz CT molecular complexity index is 141. The molecule has 0 saturated carbocycles. The van der Waals surface area contributed by atoms with E-state index < -0.39 is 0 Å². The molecule has 0 aromatic rings. The lowest BCUT2D eigenvalue weighted by Crippen LogP contribution is -2.01. The molecule has 0 heterocycles. The van der Waals surface area contributed by atoms with E-state index in [1.54, 1.807) is 0 Å². The molecule has 0 aromatic carbocycles. The standard InChI is InChI=1S/C9H16O3/c1-3-5-7-12-9(10)6-8-11-4-2/h6,8H,3-5,7H2,1-2H3. The minimum atomic E-state index is -0.336. The number of ether oxygens (including phenoxy) is 2. The maximum absolute atomic E-state index is 10.8. The van der Waals surface area contributed by atoms with Gasteiger partial charge in [-0.1, -0.05) is 13.3 Å². The molecule has 0 saturated heterocycles. The molecule has 0 rings (SSSR count). The smallest absolute Gasteiger partial charge is 0.333 e. The Morgan fingerprint density at radius 1 is 1.42 bits per heavy atom. The SMILES string of the molecule is CCCCOC(=O)C=COCC. The van der Waals surface area contributed by atoms with Gasteiger partial charge in [-0.25, -0.2) is 4.79 Å². The normalized spacial score (nSPS) is 10.2. The summed E-state index contributed by atoms with van der Waals surface area (Å²) in [7, 11) is 0. The monoisotopic (exact) mass is 172 g/mol. The molecule has 0 aliphatic carbocycles. The van der Waals surface area contributed by atoms with Crippen molar-refractivity contribution in [2.75, 3.05) is 13.2 Å². The summed E-state index contributed by atoms with van der Waals surface area (Å²) in [6.07, 6.45) is 4.59. The molecule has 70 valence electrons. The first kappa shape index (κ1) is 11.0. The van der Waals surface area contributed by atoms with Gasteiger partial charge in [0.2, 0.25) is 0 Å². The molecule has 0 radical (unpaired) electrons. The van der Waals surface area contributed by atoms with Crippen LogP contribution < -0.4 is 0 Å². The van der Waals surface area contributed by atoms with Gasteiger partial charge in [-0.05, 0) is 13.3 Å². The summed E-state index contributed by atoms with van der Waals surface area (Å²) in [5.74, 6) is -0.336. The Kier molecular flexibility index (Phi) is 7.44. The Labute approximate surface area is 73.4 Å². The number of rotatable bonds is 6. The molecule has 3 nitrogen and oxygen atoms in total. The van der Waals surface area contributed by atoms with Crippen LogP contribution in [0.15, 0.2) is 12.3 Å². The fraction of sp³-hybridized carbons (Fsp3) is 0.667. The molecule has 0 aliphatic heterocycles. The lowest BCUT2D eigenvalue weighted by Gasteiger charge is -1.98. The summed E-state index contributed by atoms with van der Waals surface area (Å²) < 4.78 is 9.65. The van der Waals surface area contributed by atoms with E-state index >= 15 is 0 Å². The second kappa shape index (κ2) is 8.11. The lowest BCUT2D eigenvalue weighted by atomic mass is 10.4. The number of unbranched alkanes of at least 4 members (excludes halogenated alkanes) is 1. The zero-order chi connectivity index (χ0) is 9.23. The van der Waals surface area contributed by atoms with Crippen molar-refractivity contribution >= 4 is 5.97 Å². The van der Waals surface area contributed by atoms with E-state index in [2.05, 4.69) is 0 Å². The number of hydrogen-bond donors (Lipinski definition) is 0. The zero-order valence-electron chi connectivity index (χ0n) is 7.71. The highest BCUT2D eigenvalue weighted by Crippen LogP contribution is 1.89. The van der Waals surface area contributed by atoms with E-state index in [9.17, 15) is 4.79 Å². The molecule has 0 N–H and O–H groups in total. The van der Waals surface area contributed by atoms with E-state index in [0.29, 0.717) is 13.2 Å². The van der Waals surface area contributed by atoms with Crippen LogP contribution in [-0.4, -0.2) is 19.2 Å². The van der Waals surface area contributed by atoms with Crippen LogP contribution in [0.3, 0.4) is 0 Å². The molecular weight excluding hydrogens is 156 g/mol. The Morgan fingerprint density at radius 3 is 2.75 bits per heavy atom. The van der Waals surface area contributed by atoms with Gasteiger partial charge in [-0.2, -0.15) is 0 Å². The van der Waals surface area contributed by atoms with Crippen LogP contribution in [0.4, 0.5) is 0 Å². The first-order valence-electron chi connectivity index (χ1n) is 4.26. The van der Waals surface area contributed by atoms with Crippen LogP contribution in [0.2, 0.25) is 0 Å². The molecule has 0 bridgehead atoms. The van der Waals surface area contributed by atoms with Gasteiger partial charge in [0.05, 0.1) is 25.6 Å². The molecule has 0 atom stereocenters. The fourth-order valence-electron chi connectivity index (χ4n) is 0.565. The highest BCUT2D eigenvalue weighted by molar-refractivity contribution is 5.81. The van der Waals surface area contributed by atoms with Crippen LogP contribution in [0.1, 0.15) is 26.7 Å². The van der Waals surface area contributed by atoms with E-state index in [0.717, 1.165) is 12.8 Å². The number of carbonyl (C=O) groups is 1. The number of esters is 1. The third kappa shape index (κ3) is 7.12. The number of carbonyl (C=O) groups excluding carboxylic acids is 1. The second-order valence-corrected chi connectivity index (χ2v) is 2.28. The topological polar surface area (TPSA) is 35.5 Å². The average molecular weight is 172 g/mol. The van der Waals surface area contributed by atoms with Crippen LogP contribution in [0.25, 0.3) is 0 Å². The third-order valence-corrected chi connectivity index (χ3v) is 1.21. The van der Waals surface area contributed by atoms with Gasteiger partial charge in [0, 0.05) is 0 Å². The van der Waals surface area contributed by atoms with Gasteiger partial charge < -0.3 is 9.47 Å². The fourth-order valence-corrected chi connectivity index (χ4v) is 0.565. The van der Waals surface area contributed by atoms with Crippen molar-refractivity contribution in [3.63, 3.8) is 0 Å². The Morgan fingerprint density at radius 2 is 2.17 bits per heavy atom. The molecule has 0 amide bonds. The van der Waals surface area contributed by atoms with Crippen molar-refractivity contribution in [3.8, 4) is 0 Å². The van der Waals surface area contributed by atoms with E-state index in [1.165, 1.54) is 12.3 Å². The lowest BCUT2D eigenvalue weighted by molar-refractivity contribution is -0.138. The van der Waals surface area contributed by atoms with Crippen LogP contribution in [-0.2, 0) is 14.3 Å². The van der Waals surface area contributed by atoms with Crippen LogP contribution in [0, 0.1) is 0 Å². The maximum Gasteiger partial charge on any atom is 0.333 e. The number of hydrogen-bond acceptors (Lipinski definition) is 3. The first-order chi connectivity index (χ1) is 5.81. The van der Waals surface area contributed by atoms with Crippen molar-refractivity contribution in [1.29, 1.82) is 0 Å².